The molecule has 4 aromatic rings. The summed E-state index contributed by atoms with van der Waals surface area (Å²) >= 11 is 0. The van der Waals surface area contributed by atoms with Crippen LogP contribution in [0.2, 0.25) is 0 Å². The number of H-pyrrole nitrogens is 1. The van der Waals surface area contributed by atoms with Gasteiger partial charge in [0.15, 0.2) is 11.5 Å². The van der Waals surface area contributed by atoms with E-state index in [9.17, 15) is 18.0 Å². The minimum Gasteiger partial charge on any atom is -0.406 e. The molecule has 10 heteroatoms. The maximum absolute atomic E-state index is 12.4. The number of aromatic nitrogens is 4. The molecule has 0 saturated carbocycles. The molecule has 0 unspecified atom stereocenters. The number of nitrogens with zero attached hydrogens (tertiary/aromatic N) is 3. The van der Waals surface area contributed by atoms with E-state index in [-0.39, 0.29) is 17.2 Å². The van der Waals surface area contributed by atoms with Gasteiger partial charge in [0.1, 0.15) is 5.75 Å². The van der Waals surface area contributed by atoms with Crippen LogP contribution >= 0.6 is 0 Å². The van der Waals surface area contributed by atoms with Crippen molar-refractivity contribution in [3.63, 3.8) is 0 Å². The molecule has 0 radical (unpaired) electrons. The maximum Gasteiger partial charge on any atom is 0.573 e. The first-order valence-corrected chi connectivity index (χ1v) is 8.83. The molecule has 0 aliphatic rings. The first kappa shape index (κ1) is 19.6. The Morgan fingerprint density at radius 1 is 1.00 bits per heavy atom. The number of benzene rings is 2. The van der Waals surface area contributed by atoms with E-state index < -0.39 is 11.8 Å². The smallest absolute Gasteiger partial charge is 0.406 e. The molecule has 0 fully saturated rings. The number of hydrogen-bond donors (Lipinski definition) is 1. The van der Waals surface area contributed by atoms with Gasteiger partial charge in [-0.05, 0) is 37.6 Å². The fraction of sp³-hybridized carbons (Fsp3) is 0.200. The van der Waals surface area contributed by atoms with Crippen LogP contribution in [-0.2, 0) is 5.41 Å². The maximum atomic E-state index is 12.4. The average molecular weight is 416 g/mol. The summed E-state index contributed by atoms with van der Waals surface area (Å²) in [6.45, 7) is 3.61. The SMILES string of the molecule is CC(C)(c1ccc(OC(F)(F)F)cc1)c1noc(-c2n[nH]c(=O)c3ccccc23)n1. The molecule has 7 nitrogen and oxygen atoms in total. The average Bonchev–Trinajstić information content (AvgIpc) is 3.18. The van der Waals surface area contributed by atoms with Crippen LogP contribution in [0.15, 0.2) is 57.8 Å². The zero-order valence-electron chi connectivity index (χ0n) is 15.8. The van der Waals surface area contributed by atoms with E-state index in [0.29, 0.717) is 27.9 Å². The molecule has 0 spiro atoms. The molecule has 2 heterocycles. The standard InChI is InChI=1S/C20H15F3N4O3/c1-19(2,11-7-9-12(10-8-11)29-20(21,22)23)18-24-17(30-27-18)15-13-5-3-4-6-14(13)16(28)26-25-15/h3-10H,1-2H3,(H,26,28). The molecular weight excluding hydrogens is 401 g/mol. The number of hydrogen-bond acceptors (Lipinski definition) is 6. The lowest BCUT2D eigenvalue weighted by molar-refractivity contribution is -0.274. The molecule has 0 saturated heterocycles. The third kappa shape index (κ3) is 3.63. The molecule has 0 bridgehead atoms. The van der Waals surface area contributed by atoms with Crippen LogP contribution in [0.4, 0.5) is 13.2 Å². The lowest BCUT2D eigenvalue weighted by Crippen LogP contribution is -2.21. The van der Waals surface area contributed by atoms with Gasteiger partial charge in [0.2, 0.25) is 0 Å². The Morgan fingerprint density at radius 2 is 1.67 bits per heavy atom. The fourth-order valence-corrected chi connectivity index (χ4v) is 3.05. The van der Waals surface area contributed by atoms with E-state index in [0.717, 1.165) is 0 Å². The predicted molar refractivity (Wildman–Crippen MR) is 101 cm³/mol. The Labute approximate surface area is 167 Å². The van der Waals surface area contributed by atoms with Crippen LogP contribution in [0.5, 0.6) is 5.75 Å². The van der Waals surface area contributed by atoms with Crippen LogP contribution in [0.25, 0.3) is 22.4 Å². The van der Waals surface area contributed by atoms with Gasteiger partial charge in [-0.15, -0.1) is 13.2 Å². The predicted octanol–water partition coefficient (Wildman–Crippen LogP) is 4.20. The van der Waals surface area contributed by atoms with Gasteiger partial charge < -0.3 is 9.26 Å². The summed E-state index contributed by atoms with van der Waals surface area (Å²) in [7, 11) is 0. The highest BCUT2D eigenvalue weighted by atomic mass is 19.4. The number of halogens is 3. The Kier molecular flexibility index (Phi) is 4.56. The summed E-state index contributed by atoms with van der Waals surface area (Å²) in [5.41, 5.74) is -0.135. The second-order valence-electron chi connectivity index (χ2n) is 7.07. The first-order chi connectivity index (χ1) is 14.1. The molecular formula is C20H15F3N4O3. The van der Waals surface area contributed by atoms with Gasteiger partial charge in [0.25, 0.3) is 11.4 Å². The molecule has 4 rings (SSSR count). The number of rotatable bonds is 4. The Balaban J connectivity index is 1.68. The summed E-state index contributed by atoms with van der Waals surface area (Å²) in [5.74, 6) is 0.0985. The number of aromatic amines is 1. The highest BCUT2D eigenvalue weighted by Gasteiger charge is 2.33. The number of ether oxygens (including phenoxy) is 1. The molecule has 154 valence electrons. The van der Waals surface area contributed by atoms with Crippen molar-refractivity contribution in [2.45, 2.75) is 25.6 Å². The second-order valence-corrected chi connectivity index (χ2v) is 7.07. The van der Waals surface area contributed by atoms with Gasteiger partial charge in [0, 0.05) is 5.39 Å². The van der Waals surface area contributed by atoms with E-state index in [1.807, 2.05) is 0 Å². The van der Waals surface area contributed by atoms with Crippen molar-refractivity contribution >= 4 is 10.8 Å². The van der Waals surface area contributed by atoms with Crippen molar-refractivity contribution in [3.8, 4) is 17.3 Å². The topological polar surface area (TPSA) is 93.9 Å². The molecule has 30 heavy (non-hydrogen) atoms. The zero-order valence-corrected chi connectivity index (χ0v) is 15.8. The minimum atomic E-state index is -4.76. The lowest BCUT2D eigenvalue weighted by atomic mass is 9.84. The van der Waals surface area contributed by atoms with Crippen molar-refractivity contribution in [2.75, 3.05) is 0 Å². The Hall–Kier alpha value is -3.69. The van der Waals surface area contributed by atoms with Gasteiger partial charge in [-0.2, -0.15) is 10.1 Å². The summed E-state index contributed by atoms with van der Waals surface area (Å²) in [6.07, 6.45) is -4.76. The minimum absolute atomic E-state index is 0.113. The van der Waals surface area contributed by atoms with Crippen molar-refractivity contribution in [2.24, 2.45) is 0 Å². The van der Waals surface area contributed by atoms with Gasteiger partial charge in [0.05, 0.1) is 10.8 Å². The molecule has 2 aromatic carbocycles. The Bertz CT molecular complexity index is 1260. The van der Waals surface area contributed by atoms with E-state index >= 15 is 0 Å². The van der Waals surface area contributed by atoms with Gasteiger partial charge in [-0.3, -0.25) is 4.79 Å². The molecule has 0 amide bonds. The van der Waals surface area contributed by atoms with Gasteiger partial charge >= 0.3 is 6.36 Å². The Morgan fingerprint density at radius 3 is 2.33 bits per heavy atom. The number of fused-ring (bicyclic) bond motifs is 1. The van der Waals surface area contributed by atoms with Gasteiger partial charge in [-0.1, -0.05) is 35.5 Å². The molecule has 0 atom stereocenters. The summed E-state index contributed by atoms with van der Waals surface area (Å²) in [6, 6.07) is 12.3. The molecule has 0 aliphatic carbocycles. The third-order valence-corrected chi connectivity index (χ3v) is 4.69. The fourth-order valence-electron chi connectivity index (χ4n) is 3.05. The monoisotopic (exact) mass is 416 g/mol. The van der Waals surface area contributed by atoms with Gasteiger partial charge in [-0.25, -0.2) is 5.10 Å². The largest absolute Gasteiger partial charge is 0.573 e. The quantitative estimate of drug-likeness (QED) is 0.536. The van der Waals surface area contributed by atoms with E-state index in [1.54, 1.807) is 38.1 Å². The van der Waals surface area contributed by atoms with E-state index in [4.69, 9.17) is 4.52 Å². The van der Waals surface area contributed by atoms with Crippen molar-refractivity contribution in [1.29, 1.82) is 0 Å². The normalized spacial score (nSPS) is 12.3. The summed E-state index contributed by atoms with van der Waals surface area (Å²) in [4.78, 5) is 16.4. The van der Waals surface area contributed by atoms with Crippen LogP contribution in [0.3, 0.4) is 0 Å². The molecule has 0 aliphatic heterocycles. The number of nitrogens with one attached hydrogen (secondary N) is 1. The third-order valence-electron chi connectivity index (χ3n) is 4.69. The highest BCUT2D eigenvalue weighted by molar-refractivity contribution is 5.91. The molecule has 1 N–H and O–H groups in total. The van der Waals surface area contributed by atoms with Crippen molar-refractivity contribution in [1.82, 2.24) is 20.3 Å². The first-order valence-electron chi connectivity index (χ1n) is 8.83. The zero-order chi connectivity index (χ0) is 21.5. The van der Waals surface area contributed by atoms with Crippen LogP contribution < -0.4 is 10.3 Å². The molecule has 2 aromatic heterocycles. The van der Waals surface area contributed by atoms with Crippen molar-refractivity contribution in [3.05, 3.63) is 70.3 Å². The van der Waals surface area contributed by atoms with Crippen LogP contribution in [-0.4, -0.2) is 26.7 Å². The lowest BCUT2D eigenvalue weighted by Gasteiger charge is -2.21. The van der Waals surface area contributed by atoms with Crippen LogP contribution in [0.1, 0.15) is 25.2 Å². The summed E-state index contributed by atoms with van der Waals surface area (Å²) < 4.78 is 46.4. The van der Waals surface area contributed by atoms with Crippen molar-refractivity contribution < 1.29 is 22.4 Å². The summed E-state index contributed by atoms with van der Waals surface area (Å²) in [5, 5.41) is 11.5. The van der Waals surface area contributed by atoms with E-state index in [2.05, 4.69) is 25.1 Å². The van der Waals surface area contributed by atoms with E-state index in [1.165, 1.54) is 24.3 Å². The van der Waals surface area contributed by atoms with Crippen LogP contribution in [0, 0.1) is 0 Å². The highest BCUT2D eigenvalue weighted by Crippen LogP contribution is 2.33. The number of alkyl halides is 3. The second kappa shape index (κ2) is 6.97.